The topological polar surface area (TPSA) is 34.1 Å². The van der Waals surface area contributed by atoms with Gasteiger partial charge in [-0.05, 0) is 95.3 Å². The Hall–Kier alpha value is -1.96. The van der Waals surface area contributed by atoms with E-state index in [4.69, 9.17) is 0 Å². The molecule has 0 aromatic heterocycles. The van der Waals surface area contributed by atoms with E-state index in [0.717, 1.165) is 19.3 Å². The van der Waals surface area contributed by atoms with Crippen LogP contribution >= 0.6 is 0 Å². The van der Waals surface area contributed by atoms with Crippen molar-refractivity contribution in [3.8, 4) is 0 Å². The van der Waals surface area contributed by atoms with Gasteiger partial charge in [0.2, 0.25) is 0 Å². The smallest absolute Gasteiger partial charge is 0.182 e. The Labute approximate surface area is 171 Å². The van der Waals surface area contributed by atoms with Crippen LogP contribution < -0.4 is 0 Å². The predicted octanol–water partition coefficient (Wildman–Crippen LogP) is 6.85. The summed E-state index contributed by atoms with van der Waals surface area (Å²) in [5.74, 6) is 0.559. The highest BCUT2D eigenvalue weighted by Crippen LogP contribution is 2.43. The van der Waals surface area contributed by atoms with Gasteiger partial charge in [-0.3, -0.25) is 9.59 Å². The first kappa shape index (κ1) is 22.3. The van der Waals surface area contributed by atoms with Crippen LogP contribution in [0.25, 0.3) is 0 Å². The Morgan fingerprint density at radius 1 is 1.11 bits per heavy atom. The lowest BCUT2D eigenvalue weighted by molar-refractivity contribution is -0.114. The highest BCUT2D eigenvalue weighted by atomic mass is 16.1. The minimum Gasteiger partial charge on any atom is -0.290 e. The third-order valence-electron chi connectivity index (χ3n) is 6.31. The van der Waals surface area contributed by atoms with Crippen molar-refractivity contribution in [2.45, 2.75) is 79.6 Å². The van der Waals surface area contributed by atoms with Gasteiger partial charge < -0.3 is 0 Å². The molecule has 0 amide bonds. The normalized spacial score (nSPS) is 23.0. The average molecular weight is 381 g/mol. The van der Waals surface area contributed by atoms with Gasteiger partial charge in [-0.15, -0.1) is 0 Å². The zero-order valence-electron chi connectivity index (χ0n) is 18.3. The molecule has 1 atom stereocenters. The fourth-order valence-corrected chi connectivity index (χ4v) is 4.34. The number of hydrogen-bond acceptors (Lipinski definition) is 2. The molecule has 2 rings (SSSR count). The maximum absolute atomic E-state index is 11.8. The molecule has 28 heavy (non-hydrogen) atoms. The van der Waals surface area contributed by atoms with Gasteiger partial charge in [0.15, 0.2) is 11.6 Å². The first-order valence-electron chi connectivity index (χ1n) is 10.6. The van der Waals surface area contributed by atoms with Crippen LogP contribution in [0.5, 0.6) is 0 Å². The molecule has 0 unspecified atom stereocenters. The fraction of sp³-hybridized carbons (Fsp3) is 0.538. The largest absolute Gasteiger partial charge is 0.290 e. The second-order valence-corrected chi connectivity index (χ2v) is 9.18. The van der Waals surface area contributed by atoms with Crippen LogP contribution in [-0.2, 0) is 9.59 Å². The van der Waals surface area contributed by atoms with E-state index in [1.165, 1.54) is 48.6 Å². The number of carbonyl (C=O) groups is 2. The van der Waals surface area contributed by atoms with Crippen LogP contribution in [0.1, 0.15) is 79.6 Å². The number of rotatable bonds is 8. The van der Waals surface area contributed by atoms with Crippen LogP contribution in [-0.4, -0.2) is 11.6 Å². The van der Waals surface area contributed by atoms with Crippen LogP contribution in [0.15, 0.2) is 58.7 Å². The molecule has 2 heteroatoms. The zero-order chi connectivity index (χ0) is 20.7. The third-order valence-corrected chi connectivity index (χ3v) is 6.31. The van der Waals surface area contributed by atoms with Gasteiger partial charge in [-0.2, -0.15) is 0 Å². The molecule has 152 valence electrons. The highest BCUT2D eigenvalue weighted by molar-refractivity contribution is 6.17. The Kier molecular flexibility index (Phi) is 7.98. The van der Waals surface area contributed by atoms with Crippen LogP contribution in [0, 0.1) is 11.3 Å². The van der Waals surface area contributed by atoms with Gasteiger partial charge in [-0.25, -0.2) is 0 Å². The summed E-state index contributed by atoms with van der Waals surface area (Å²) in [6.45, 7) is 11.5. The van der Waals surface area contributed by atoms with Gasteiger partial charge in [0, 0.05) is 5.57 Å². The molecule has 2 aliphatic carbocycles. The average Bonchev–Trinajstić information content (AvgIpc) is 2.61. The Bertz CT molecular complexity index is 753. The second-order valence-electron chi connectivity index (χ2n) is 9.18. The van der Waals surface area contributed by atoms with Gasteiger partial charge in [0.25, 0.3) is 0 Å². The quantitative estimate of drug-likeness (QED) is 0.341. The van der Waals surface area contributed by atoms with Crippen molar-refractivity contribution in [1.29, 1.82) is 0 Å². The lowest BCUT2D eigenvalue weighted by Gasteiger charge is -2.38. The maximum atomic E-state index is 11.8. The van der Waals surface area contributed by atoms with E-state index < -0.39 is 0 Å². The molecule has 0 fully saturated rings. The lowest BCUT2D eigenvalue weighted by Crippen LogP contribution is -2.27. The van der Waals surface area contributed by atoms with Crippen molar-refractivity contribution in [3.05, 3.63) is 58.7 Å². The van der Waals surface area contributed by atoms with Crippen molar-refractivity contribution in [1.82, 2.24) is 0 Å². The van der Waals surface area contributed by atoms with Crippen molar-refractivity contribution in [2.24, 2.45) is 11.3 Å². The predicted molar refractivity (Wildman–Crippen MR) is 118 cm³/mol. The maximum Gasteiger partial charge on any atom is 0.182 e. The molecule has 2 nitrogen and oxygen atoms in total. The number of hydrogen-bond donors (Lipinski definition) is 0. The zero-order valence-corrected chi connectivity index (χ0v) is 18.3. The van der Waals surface area contributed by atoms with E-state index in [2.05, 4.69) is 52.8 Å². The summed E-state index contributed by atoms with van der Waals surface area (Å²) in [6.07, 6.45) is 18.5. The summed E-state index contributed by atoms with van der Waals surface area (Å²) in [7, 11) is 0. The van der Waals surface area contributed by atoms with Gasteiger partial charge in [0.05, 0.1) is 0 Å². The van der Waals surface area contributed by atoms with E-state index in [9.17, 15) is 9.59 Å². The van der Waals surface area contributed by atoms with E-state index >= 15 is 0 Å². The van der Waals surface area contributed by atoms with Crippen molar-refractivity contribution < 1.29 is 9.59 Å². The molecule has 2 aliphatic rings. The molecule has 0 spiro atoms. The summed E-state index contributed by atoms with van der Waals surface area (Å²) in [6, 6.07) is 0. The molecule has 0 aliphatic heterocycles. The van der Waals surface area contributed by atoms with Crippen molar-refractivity contribution in [3.63, 3.8) is 0 Å². The van der Waals surface area contributed by atoms with Crippen molar-refractivity contribution >= 4 is 11.6 Å². The number of ketones is 2. The van der Waals surface area contributed by atoms with Gasteiger partial charge >= 0.3 is 0 Å². The van der Waals surface area contributed by atoms with Gasteiger partial charge in [0.1, 0.15) is 0 Å². The lowest BCUT2D eigenvalue weighted by atomic mass is 9.67. The molecular formula is C26H36O2. The summed E-state index contributed by atoms with van der Waals surface area (Å²) in [5, 5.41) is 0. The van der Waals surface area contributed by atoms with Crippen LogP contribution in [0.3, 0.4) is 0 Å². The summed E-state index contributed by atoms with van der Waals surface area (Å²) >= 11 is 0. The molecule has 0 saturated heterocycles. The van der Waals surface area contributed by atoms with E-state index in [1.54, 1.807) is 5.57 Å². The van der Waals surface area contributed by atoms with E-state index in [1.807, 2.05) is 0 Å². The number of allylic oxidation sites excluding steroid dienone is 10. The monoisotopic (exact) mass is 380 g/mol. The number of carbonyl (C=O) groups excluding carboxylic acids is 2. The van der Waals surface area contributed by atoms with Crippen molar-refractivity contribution in [2.75, 3.05) is 0 Å². The fourth-order valence-electron chi connectivity index (χ4n) is 4.34. The Morgan fingerprint density at radius 2 is 1.82 bits per heavy atom. The molecule has 0 heterocycles. The van der Waals surface area contributed by atoms with E-state index in [0.29, 0.717) is 23.3 Å². The summed E-state index contributed by atoms with van der Waals surface area (Å²) in [4.78, 5) is 23.2. The Morgan fingerprint density at radius 3 is 2.54 bits per heavy atom. The third kappa shape index (κ3) is 6.58. The van der Waals surface area contributed by atoms with Crippen LogP contribution in [0.4, 0.5) is 0 Å². The SMILES string of the molecule is CC1=CCCC(C)(C)[C@H]1CC/C(C)=C/CC/C(C)=C/CC1=CC(=O)C=CC1=O. The molecule has 0 bridgehead atoms. The standard InChI is InChI=1S/C26H36O2/c1-19(11-13-22-18-23(27)14-16-25(22)28)8-6-9-20(2)12-15-24-21(3)10-7-17-26(24,4)5/h9-11,14,16,18,24H,6-8,12-13,15,17H2,1-5H3/b19-11+,20-9+/t24-/m0/s1. The highest BCUT2D eigenvalue weighted by Gasteiger charge is 2.32. The summed E-state index contributed by atoms with van der Waals surface area (Å²) < 4.78 is 0. The second kappa shape index (κ2) is 10.0. The first-order chi connectivity index (χ1) is 13.2. The molecular weight excluding hydrogens is 344 g/mol. The molecule has 0 aromatic carbocycles. The Balaban J connectivity index is 1.78. The molecule has 0 radical (unpaired) electrons. The van der Waals surface area contributed by atoms with Crippen LogP contribution in [0.2, 0.25) is 0 Å². The molecule has 0 saturated carbocycles. The summed E-state index contributed by atoms with van der Waals surface area (Å²) in [5.41, 5.74) is 5.33. The van der Waals surface area contributed by atoms with E-state index in [-0.39, 0.29) is 11.6 Å². The molecule has 0 aromatic rings. The van der Waals surface area contributed by atoms with Gasteiger partial charge in [-0.1, -0.05) is 48.8 Å². The minimum absolute atomic E-state index is 0.0469. The first-order valence-corrected chi connectivity index (χ1v) is 10.6. The molecule has 0 N–H and O–H groups in total. The minimum atomic E-state index is -0.0922.